The Balaban J connectivity index is 1.77. The minimum Gasteiger partial charge on any atom is -0.491 e. The van der Waals surface area contributed by atoms with Crippen LogP contribution < -0.4 is 10.1 Å². The Hall–Kier alpha value is -1.59. The van der Waals surface area contributed by atoms with Gasteiger partial charge in [-0.1, -0.05) is 25.0 Å². The summed E-state index contributed by atoms with van der Waals surface area (Å²) in [6, 6.07) is 7.71. The van der Waals surface area contributed by atoms with Crippen LogP contribution in [0.4, 0.5) is 0 Å². The number of aliphatic hydroxyl groups excluding tert-OH is 1. The summed E-state index contributed by atoms with van der Waals surface area (Å²) in [6.45, 7) is 4.87. The Morgan fingerprint density at radius 1 is 1.28 bits per heavy atom. The normalized spacial score (nSPS) is 25.8. The Morgan fingerprint density at radius 2 is 1.96 bits per heavy atom. The van der Waals surface area contributed by atoms with Gasteiger partial charge in [0.2, 0.25) is 5.91 Å². The second-order valence-electron chi connectivity index (χ2n) is 7.49. The van der Waals surface area contributed by atoms with Crippen molar-refractivity contribution >= 4 is 5.91 Å². The minimum absolute atomic E-state index is 0.0356. The van der Waals surface area contributed by atoms with Crippen molar-refractivity contribution in [2.24, 2.45) is 0 Å². The third kappa shape index (κ3) is 3.98. The molecule has 2 N–H and O–H groups in total. The van der Waals surface area contributed by atoms with Crippen LogP contribution in [-0.4, -0.2) is 42.5 Å². The van der Waals surface area contributed by atoms with Crippen molar-refractivity contribution in [2.45, 2.75) is 69.6 Å². The van der Waals surface area contributed by atoms with Crippen LogP contribution >= 0.6 is 0 Å². The van der Waals surface area contributed by atoms with E-state index in [0.717, 1.165) is 37.0 Å². The van der Waals surface area contributed by atoms with Gasteiger partial charge < -0.3 is 19.9 Å². The molecular weight excluding hydrogens is 318 g/mol. The van der Waals surface area contributed by atoms with Gasteiger partial charge in [0.15, 0.2) is 0 Å². The van der Waals surface area contributed by atoms with Gasteiger partial charge in [-0.25, -0.2) is 0 Å². The summed E-state index contributed by atoms with van der Waals surface area (Å²) in [5.74, 6) is 0.862. The first-order valence-electron chi connectivity index (χ1n) is 9.35. The van der Waals surface area contributed by atoms with Crippen molar-refractivity contribution in [1.82, 2.24) is 5.32 Å². The number of carbonyl (C=O) groups excluding carboxylic acids is 1. The molecule has 25 heavy (non-hydrogen) atoms. The maximum absolute atomic E-state index is 13.1. The number of aliphatic hydroxyl groups is 1. The molecule has 1 saturated heterocycles. The van der Waals surface area contributed by atoms with Crippen LogP contribution in [0.5, 0.6) is 5.75 Å². The zero-order valence-corrected chi connectivity index (χ0v) is 15.2. The molecule has 2 aliphatic rings. The molecule has 0 spiro atoms. The van der Waals surface area contributed by atoms with Crippen molar-refractivity contribution in [1.29, 1.82) is 0 Å². The number of nitrogens with one attached hydrogen (secondary N) is 1. The van der Waals surface area contributed by atoms with E-state index in [2.05, 4.69) is 5.32 Å². The first kappa shape index (κ1) is 18.2. The molecular formula is C20H29NO4. The van der Waals surface area contributed by atoms with Crippen molar-refractivity contribution < 1.29 is 19.4 Å². The van der Waals surface area contributed by atoms with E-state index in [0.29, 0.717) is 19.6 Å². The highest BCUT2D eigenvalue weighted by molar-refractivity contribution is 5.89. The summed E-state index contributed by atoms with van der Waals surface area (Å²) in [5, 5.41) is 13.2. The van der Waals surface area contributed by atoms with E-state index in [1.54, 1.807) is 0 Å². The molecule has 2 unspecified atom stereocenters. The van der Waals surface area contributed by atoms with Gasteiger partial charge in [-0.15, -0.1) is 0 Å². The lowest BCUT2D eigenvalue weighted by molar-refractivity contribution is -0.130. The molecule has 0 aromatic heterocycles. The summed E-state index contributed by atoms with van der Waals surface area (Å²) in [5.41, 5.74) is 0.550. The molecule has 5 heteroatoms. The average molecular weight is 347 g/mol. The van der Waals surface area contributed by atoms with Gasteiger partial charge in [0.1, 0.15) is 5.75 Å². The van der Waals surface area contributed by atoms with Gasteiger partial charge >= 0.3 is 0 Å². The molecule has 5 nitrogen and oxygen atoms in total. The fourth-order valence-electron chi connectivity index (χ4n) is 3.95. The predicted molar refractivity (Wildman–Crippen MR) is 95.7 cm³/mol. The third-order valence-corrected chi connectivity index (χ3v) is 5.31. The topological polar surface area (TPSA) is 67.8 Å². The molecule has 138 valence electrons. The van der Waals surface area contributed by atoms with Crippen molar-refractivity contribution in [2.75, 3.05) is 13.2 Å². The highest BCUT2D eigenvalue weighted by Gasteiger charge is 2.44. The first-order valence-corrected chi connectivity index (χ1v) is 9.35. The summed E-state index contributed by atoms with van der Waals surface area (Å²) in [6.07, 6.45) is 3.96. The maximum Gasteiger partial charge on any atom is 0.230 e. The SMILES string of the molecule is CC(C)Oc1ccc(C2(C(=O)NC3CCOCC3O)CCCC2)cc1. The Bertz CT molecular complexity index is 578. The molecule has 1 heterocycles. The van der Waals surface area contributed by atoms with E-state index in [-0.39, 0.29) is 18.1 Å². The monoisotopic (exact) mass is 347 g/mol. The smallest absolute Gasteiger partial charge is 0.230 e. The van der Waals surface area contributed by atoms with Gasteiger partial charge in [-0.05, 0) is 50.8 Å². The molecule has 0 radical (unpaired) electrons. The lowest BCUT2D eigenvalue weighted by Crippen LogP contribution is -2.53. The number of hydrogen-bond acceptors (Lipinski definition) is 4. The molecule has 2 atom stereocenters. The molecule has 1 saturated carbocycles. The van der Waals surface area contributed by atoms with E-state index >= 15 is 0 Å². The molecule has 0 bridgehead atoms. The van der Waals surface area contributed by atoms with E-state index < -0.39 is 11.5 Å². The van der Waals surface area contributed by atoms with Crippen LogP contribution in [0.2, 0.25) is 0 Å². The molecule has 1 aliphatic carbocycles. The van der Waals surface area contributed by atoms with E-state index in [9.17, 15) is 9.90 Å². The minimum atomic E-state index is -0.627. The van der Waals surface area contributed by atoms with Gasteiger partial charge in [-0.3, -0.25) is 4.79 Å². The molecule has 1 aromatic rings. The molecule has 1 aliphatic heterocycles. The summed E-state index contributed by atoms with van der Waals surface area (Å²) in [7, 11) is 0. The summed E-state index contributed by atoms with van der Waals surface area (Å²) < 4.78 is 11.0. The van der Waals surface area contributed by atoms with Crippen molar-refractivity contribution in [3.63, 3.8) is 0 Å². The van der Waals surface area contributed by atoms with Crippen LogP contribution in [0.15, 0.2) is 24.3 Å². The second-order valence-corrected chi connectivity index (χ2v) is 7.49. The number of amides is 1. The maximum atomic E-state index is 13.1. The predicted octanol–water partition coefficient (Wildman–Crippen LogP) is 2.55. The number of benzene rings is 1. The van der Waals surface area contributed by atoms with Crippen LogP contribution in [0.1, 0.15) is 51.5 Å². The van der Waals surface area contributed by atoms with E-state index in [4.69, 9.17) is 9.47 Å². The summed E-state index contributed by atoms with van der Waals surface area (Å²) >= 11 is 0. The third-order valence-electron chi connectivity index (χ3n) is 5.31. The number of ether oxygens (including phenoxy) is 2. The highest BCUT2D eigenvalue weighted by atomic mass is 16.5. The first-order chi connectivity index (χ1) is 12.0. The van der Waals surface area contributed by atoms with E-state index in [1.807, 2.05) is 38.1 Å². The number of rotatable bonds is 5. The van der Waals surface area contributed by atoms with E-state index in [1.165, 1.54) is 0 Å². The summed E-state index contributed by atoms with van der Waals surface area (Å²) in [4.78, 5) is 13.1. The van der Waals surface area contributed by atoms with Crippen LogP contribution in [0, 0.1) is 0 Å². The highest BCUT2D eigenvalue weighted by Crippen LogP contribution is 2.42. The molecule has 2 fully saturated rings. The van der Waals surface area contributed by atoms with Gasteiger partial charge in [0.25, 0.3) is 0 Å². The van der Waals surface area contributed by atoms with Gasteiger partial charge in [0.05, 0.1) is 30.3 Å². The quantitative estimate of drug-likeness (QED) is 0.859. The Labute approximate surface area is 149 Å². The second kappa shape index (κ2) is 7.75. The molecule has 1 amide bonds. The van der Waals surface area contributed by atoms with Crippen LogP contribution in [0.25, 0.3) is 0 Å². The van der Waals surface area contributed by atoms with Crippen LogP contribution in [-0.2, 0) is 14.9 Å². The van der Waals surface area contributed by atoms with Crippen molar-refractivity contribution in [3.8, 4) is 5.75 Å². The molecule has 1 aromatic carbocycles. The fourth-order valence-corrected chi connectivity index (χ4v) is 3.95. The zero-order chi connectivity index (χ0) is 17.9. The zero-order valence-electron chi connectivity index (χ0n) is 15.2. The lowest BCUT2D eigenvalue weighted by atomic mass is 9.77. The van der Waals surface area contributed by atoms with Gasteiger partial charge in [0, 0.05) is 6.61 Å². The number of hydrogen-bond donors (Lipinski definition) is 2. The van der Waals surface area contributed by atoms with Crippen LogP contribution in [0.3, 0.4) is 0 Å². The van der Waals surface area contributed by atoms with Gasteiger partial charge in [-0.2, -0.15) is 0 Å². The van der Waals surface area contributed by atoms with Crippen molar-refractivity contribution in [3.05, 3.63) is 29.8 Å². The largest absolute Gasteiger partial charge is 0.491 e. The molecule has 3 rings (SSSR count). The fraction of sp³-hybridized carbons (Fsp3) is 0.650. The standard InChI is InChI=1S/C20H29NO4/c1-14(2)25-16-7-5-15(6-8-16)20(10-3-4-11-20)19(23)21-17-9-12-24-13-18(17)22/h5-8,14,17-18,22H,3-4,9-13H2,1-2H3,(H,21,23). The Morgan fingerprint density at radius 3 is 2.56 bits per heavy atom. The average Bonchev–Trinajstić information content (AvgIpc) is 3.08. The number of carbonyl (C=O) groups is 1. The Kier molecular flexibility index (Phi) is 5.64. The lowest BCUT2D eigenvalue weighted by Gasteiger charge is -2.34.